The number of halogens is 1. The van der Waals surface area contributed by atoms with Crippen molar-refractivity contribution in [3.63, 3.8) is 0 Å². The van der Waals surface area contributed by atoms with E-state index in [1.165, 1.54) is 51.4 Å². The Morgan fingerprint density at radius 3 is 2.33 bits per heavy atom. The molecule has 1 aromatic carbocycles. The normalized spacial score (nSPS) is 12.0. The minimum absolute atomic E-state index is 0.0745. The Morgan fingerprint density at radius 2 is 1.71 bits per heavy atom. The van der Waals surface area contributed by atoms with E-state index in [2.05, 4.69) is 12.2 Å². The van der Waals surface area contributed by atoms with Gasteiger partial charge in [0.15, 0.2) is 6.10 Å². The Kier molecular flexibility index (Phi) is 11.4. The van der Waals surface area contributed by atoms with Gasteiger partial charge in [-0.3, -0.25) is 4.79 Å². The van der Waals surface area contributed by atoms with Crippen LogP contribution in [0.1, 0.15) is 71.6 Å². The summed E-state index contributed by atoms with van der Waals surface area (Å²) in [5.41, 5.74) is 0. The average Bonchev–Trinajstić information content (AvgIpc) is 2.56. The first-order valence-corrected chi connectivity index (χ1v) is 9.71. The summed E-state index contributed by atoms with van der Waals surface area (Å²) >= 11 is 5.91. The molecule has 1 aromatic rings. The van der Waals surface area contributed by atoms with E-state index in [-0.39, 0.29) is 5.91 Å². The lowest BCUT2D eigenvalue weighted by Gasteiger charge is -2.14. The molecule has 0 saturated heterocycles. The molecule has 0 aliphatic heterocycles. The van der Waals surface area contributed by atoms with Crippen molar-refractivity contribution in [1.82, 2.24) is 5.32 Å². The standard InChI is InChI=1S/C20H32ClNO2/c1-3-4-5-6-7-8-9-10-11-15-22-20(23)17(2)24-19-14-12-13-18(21)16-19/h12-14,16-17H,3-11,15H2,1-2H3,(H,22,23). The monoisotopic (exact) mass is 353 g/mol. The summed E-state index contributed by atoms with van der Waals surface area (Å²) in [6, 6.07) is 7.11. The molecule has 0 heterocycles. The quantitative estimate of drug-likeness (QED) is 0.458. The number of ether oxygens (including phenoxy) is 1. The Balaban J connectivity index is 2.03. The van der Waals surface area contributed by atoms with Crippen LogP contribution in [0.15, 0.2) is 24.3 Å². The number of benzene rings is 1. The summed E-state index contributed by atoms with van der Waals surface area (Å²) in [6.07, 6.45) is 11.0. The molecule has 0 radical (unpaired) electrons. The van der Waals surface area contributed by atoms with Gasteiger partial charge >= 0.3 is 0 Å². The Bertz CT molecular complexity index is 465. The molecule has 136 valence electrons. The Hall–Kier alpha value is -1.22. The van der Waals surface area contributed by atoms with Crippen LogP contribution in [-0.2, 0) is 4.79 Å². The highest BCUT2D eigenvalue weighted by molar-refractivity contribution is 6.30. The maximum Gasteiger partial charge on any atom is 0.260 e. The van der Waals surface area contributed by atoms with Crippen LogP contribution in [0.4, 0.5) is 0 Å². The second kappa shape index (κ2) is 13.1. The van der Waals surface area contributed by atoms with Crippen molar-refractivity contribution in [2.45, 2.75) is 77.7 Å². The fourth-order valence-electron chi connectivity index (χ4n) is 2.59. The van der Waals surface area contributed by atoms with Crippen molar-refractivity contribution in [1.29, 1.82) is 0 Å². The van der Waals surface area contributed by atoms with E-state index in [1.807, 2.05) is 6.07 Å². The third-order valence-corrected chi connectivity index (χ3v) is 4.29. The molecule has 0 fully saturated rings. The molecule has 0 bridgehead atoms. The van der Waals surface area contributed by atoms with E-state index in [0.29, 0.717) is 10.8 Å². The van der Waals surface area contributed by atoms with Gasteiger partial charge in [0, 0.05) is 11.6 Å². The highest BCUT2D eigenvalue weighted by atomic mass is 35.5. The number of hydrogen-bond acceptors (Lipinski definition) is 2. The van der Waals surface area contributed by atoms with Crippen LogP contribution >= 0.6 is 11.6 Å². The van der Waals surface area contributed by atoms with Crippen molar-refractivity contribution >= 4 is 17.5 Å². The minimum atomic E-state index is -0.512. The molecule has 0 saturated carbocycles. The van der Waals surface area contributed by atoms with Crippen LogP contribution in [0.5, 0.6) is 5.75 Å². The van der Waals surface area contributed by atoms with Gasteiger partial charge in [0.25, 0.3) is 5.91 Å². The van der Waals surface area contributed by atoms with E-state index < -0.39 is 6.10 Å². The molecule has 4 heteroatoms. The van der Waals surface area contributed by atoms with Gasteiger partial charge < -0.3 is 10.1 Å². The number of nitrogens with one attached hydrogen (secondary N) is 1. The van der Waals surface area contributed by atoms with Crippen molar-refractivity contribution in [2.24, 2.45) is 0 Å². The maximum absolute atomic E-state index is 12.0. The molecule has 1 rings (SSSR count). The summed E-state index contributed by atoms with van der Waals surface area (Å²) in [5, 5.41) is 3.55. The van der Waals surface area contributed by atoms with Gasteiger partial charge in [-0.05, 0) is 31.5 Å². The maximum atomic E-state index is 12.0. The Morgan fingerprint density at radius 1 is 1.08 bits per heavy atom. The van der Waals surface area contributed by atoms with Gasteiger partial charge in [0.1, 0.15) is 5.75 Å². The van der Waals surface area contributed by atoms with Crippen LogP contribution in [0, 0.1) is 0 Å². The lowest BCUT2D eigenvalue weighted by molar-refractivity contribution is -0.127. The predicted molar refractivity (Wildman–Crippen MR) is 102 cm³/mol. The fourth-order valence-corrected chi connectivity index (χ4v) is 2.77. The van der Waals surface area contributed by atoms with Gasteiger partial charge in [0.2, 0.25) is 0 Å². The summed E-state index contributed by atoms with van der Waals surface area (Å²) in [5.74, 6) is 0.544. The fraction of sp³-hybridized carbons (Fsp3) is 0.650. The third kappa shape index (κ3) is 9.82. The number of rotatable bonds is 13. The van der Waals surface area contributed by atoms with Crippen LogP contribution < -0.4 is 10.1 Å². The molecule has 0 aliphatic carbocycles. The molecule has 1 N–H and O–H groups in total. The van der Waals surface area contributed by atoms with Gasteiger partial charge in [-0.25, -0.2) is 0 Å². The van der Waals surface area contributed by atoms with Gasteiger partial charge in [0.05, 0.1) is 0 Å². The first-order valence-electron chi connectivity index (χ1n) is 9.33. The molecule has 1 unspecified atom stereocenters. The number of hydrogen-bond donors (Lipinski definition) is 1. The van der Waals surface area contributed by atoms with E-state index >= 15 is 0 Å². The molecular weight excluding hydrogens is 322 g/mol. The number of amides is 1. The SMILES string of the molecule is CCCCCCCCCCCNC(=O)C(C)Oc1cccc(Cl)c1. The zero-order valence-electron chi connectivity index (χ0n) is 15.2. The molecule has 0 spiro atoms. The summed E-state index contributed by atoms with van der Waals surface area (Å²) in [4.78, 5) is 12.0. The third-order valence-electron chi connectivity index (χ3n) is 4.06. The molecule has 3 nitrogen and oxygen atoms in total. The minimum Gasteiger partial charge on any atom is -0.481 e. The molecule has 1 amide bonds. The van der Waals surface area contributed by atoms with Crippen LogP contribution in [-0.4, -0.2) is 18.6 Å². The predicted octanol–water partition coefficient (Wildman–Crippen LogP) is 5.75. The van der Waals surface area contributed by atoms with Gasteiger partial charge in [-0.2, -0.15) is 0 Å². The number of unbranched alkanes of at least 4 members (excludes halogenated alkanes) is 8. The molecule has 24 heavy (non-hydrogen) atoms. The molecule has 0 aliphatic rings. The van der Waals surface area contributed by atoms with Crippen LogP contribution in [0.25, 0.3) is 0 Å². The number of carbonyl (C=O) groups excluding carboxylic acids is 1. The number of carbonyl (C=O) groups is 1. The van der Waals surface area contributed by atoms with E-state index in [1.54, 1.807) is 25.1 Å². The van der Waals surface area contributed by atoms with Gasteiger partial charge in [-0.15, -0.1) is 0 Å². The van der Waals surface area contributed by atoms with Crippen molar-refractivity contribution in [3.8, 4) is 5.75 Å². The molecule has 0 aromatic heterocycles. The second-order valence-electron chi connectivity index (χ2n) is 6.34. The Labute approximate surface area is 152 Å². The smallest absolute Gasteiger partial charge is 0.260 e. The van der Waals surface area contributed by atoms with E-state index in [9.17, 15) is 4.79 Å². The van der Waals surface area contributed by atoms with Crippen molar-refractivity contribution in [2.75, 3.05) is 6.54 Å². The van der Waals surface area contributed by atoms with Crippen LogP contribution in [0.3, 0.4) is 0 Å². The van der Waals surface area contributed by atoms with Gasteiger partial charge in [-0.1, -0.05) is 76.0 Å². The van der Waals surface area contributed by atoms with E-state index in [4.69, 9.17) is 16.3 Å². The highest BCUT2D eigenvalue weighted by Gasteiger charge is 2.13. The van der Waals surface area contributed by atoms with Crippen LogP contribution in [0.2, 0.25) is 5.02 Å². The topological polar surface area (TPSA) is 38.3 Å². The lowest BCUT2D eigenvalue weighted by atomic mass is 10.1. The summed E-state index contributed by atoms with van der Waals surface area (Å²) in [7, 11) is 0. The molecule has 1 atom stereocenters. The summed E-state index contributed by atoms with van der Waals surface area (Å²) in [6.45, 7) is 4.72. The largest absolute Gasteiger partial charge is 0.481 e. The van der Waals surface area contributed by atoms with Crippen molar-refractivity contribution < 1.29 is 9.53 Å². The highest BCUT2D eigenvalue weighted by Crippen LogP contribution is 2.18. The first-order chi connectivity index (χ1) is 11.6. The zero-order chi connectivity index (χ0) is 17.6. The summed E-state index contributed by atoms with van der Waals surface area (Å²) < 4.78 is 5.60. The zero-order valence-corrected chi connectivity index (χ0v) is 15.9. The molecular formula is C20H32ClNO2. The first kappa shape index (κ1) is 20.8. The van der Waals surface area contributed by atoms with E-state index in [0.717, 1.165) is 13.0 Å². The average molecular weight is 354 g/mol. The lowest BCUT2D eigenvalue weighted by Crippen LogP contribution is -2.36. The second-order valence-corrected chi connectivity index (χ2v) is 6.77. The van der Waals surface area contributed by atoms with Crippen molar-refractivity contribution in [3.05, 3.63) is 29.3 Å².